The summed E-state index contributed by atoms with van der Waals surface area (Å²) in [4.78, 5) is 0. The molecule has 0 amide bonds. The molecule has 0 aliphatic heterocycles. The molecule has 0 bridgehead atoms. The Labute approximate surface area is 182 Å². The van der Waals surface area contributed by atoms with E-state index in [0.717, 1.165) is 6.54 Å². The molecule has 1 rings (SSSR count). The molecule has 2 heteroatoms. The van der Waals surface area contributed by atoms with Crippen LogP contribution >= 0.6 is 12.4 Å². The van der Waals surface area contributed by atoms with Gasteiger partial charge in [0.15, 0.2) is 0 Å². The maximum Gasteiger partial charge on any atom is 0.0372 e. The molecule has 0 heterocycles. The lowest BCUT2D eigenvalue weighted by Crippen LogP contribution is -2.03. The van der Waals surface area contributed by atoms with Crippen molar-refractivity contribution in [2.75, 3.05) is 11.9 Å². The molecule has 28 heavy (non-hydrogen) atoms. The van der Waals surface area contributed by atoms with Crippen LogP contribution in [0.1, 0.15) is 121 Å². The van der Waals surface area contributed by atoms with Crippen LogP contribution in [0.15, 0.2) is 18.2 Å². The van der Waals surface area contributed by atoms with Gasteiger partial charge in [0, 0.05) is 12.2 Å². The summed E-state index contributed by atoms with van der Waals surface area (Å²) in [6.07, 6.45) is 22.9. The summed E-state index contributed by atoms with van der Waals surface area (Å²) in [5.41, 5.74) is 4.09. The van der Waals surface area contributed by atoms with Gasteiger partial charge in [0.25, 0.3) is 0 Å². The van der Waals surface area contributed by atoms with Crippen LogP contribution in [0.5, 0.6) is 0 Å². The molecule has 0 saturated heterocycles. The maximum atomic E-state index is 3.60. The molecule has 1 N–H and O–H groups in total. The van der Waals surface area contributed by atoms with Gasteiger partial charge in [0.2, 0.25) is 0 Å². The first-order valence-corrected chi connectivity index (χ1v) is 12.1. The lowest BCUT2D eigenvalue weighted by atomic mass is 10.0. The van der Waals surface area contributed by atoms with Gasteiger partial charge in [-0.25, -0.2) is 0 Å². The van der Waals surface area contributed by atoms with Crippen molar-refractivity contribution in [3.8, 4) is 0 Å². The number of nitrogens with one attached hydrogen (secondary N) is 1. The third-order valence-electron chi connectivity index (χ3n) is 5.95. The quantitative estimate of drug-likeness (QED) is 0.238. The summed E-state index contributed by atoms with van der Waals surface area (Å²) < 4.78 is 0. The zero-order valence-electron chi connectivity index (χ0n) is 19.2. The van der Waals surface area contributed by atoms with Gasteiger partial charge in [-0.3, -0.25) is 0 Å². The zero-order valence-corrected chi connectivity index (χ0v) is 20.0. The molecule has 0 saturated carbocycles. The van der Waals surface area contributed by atoms with Crippen LogP contribution in [0.3, 0.4) is 0 Å². The second kappa shape index (κ2) is 19.6. The Bertz CT molecular complexity index is 458. The molecule has 0 atom stereocenters. The minimum atomic E-state index is 0. The zero-order chi connectivity index (χ0) is 19.6. The van der Waals surface area contributed by atoms with Crippen LogP contribution < -0.4 is 5.32 Å². The van der Waals surface area contributed by atoms with Crippen LogP contribution in [0.2, 0.25) is 0 Å². The molecule has 0 spiro atoms. The van der Waals surface area contributed by atoms with Gasteiger partial charge < -0.3 is 5.32 Å². The lowest BCUT2D eigenvalue weighted by molar-refractivity contribution is 0.530. The normalized spacial score (nSPS) is 10.7. The van der Waals surface area contributed by atoms with Crippen LogP contribution in [0.25, 0.3) is 0 Å². The third-order valence-corrected chi connectivity index (χ3v) is 5.95. The average Bonchev–Trinajstić information content (AvgIpc) is 2.67. The first-order valence-electron chi connectivity index (χ1n) is 12.1. The molecule has 1 nitrogen and oxygen atoms in total. The minimum Gasteiger partial charge on any atom is -0.385 e. The first kappa shape index (κ1) is 27.3. The summed E-state index contributed by atoms with van der Waals surface area (Å²) in [7, 11) is 0. The van der Waals surface area contributed by atoms with E-state index >= 15 is 0 Å². The van der Waals surface area contributed by atoms with Crippen molar-refractivity contribution >= 4 is 18.1 Å². The molecular formula is C26H48ClN. The molecule has 0 unspecified atom stereocenters. The predicted molar refractivity (Wildman–Crippen MR) is 131 cm³/mol. The smallest absolute Gasteiger partial charge is 0.0372 e. The summed E-state index contributed by atoms with van der Waals surface area (Å²) >= 11 is 0. The van der Waals surface area contributed by atoms with E-state index in [0.29, 0.717) is 0 Å². The number of rotatable bonds is 18. The highest BCUT2D eigenvalue weighted by molar-refractivity contribution is 5.85. The second-order valence-electron chi connectivity index (χ2n) is 8.48. The van der Waals surface area contributed by atoms with Gasteiger partial charge >= 0.3 is 0 Å². The van der Waals surface area contributed by atoms with Gasteiger partial charge in [-0.15, -0.1) is 12.4 Å². The fourth-order valence-corrected chi connectivity index (χ4v) is 3.84. The minimum absolute atomic E-state index is 0. The van der Waals surface area contributed by atoms with Crippen molar-refractivity contribution in [3.63, 3.8) is 0 Å². The highest BCUT2D eigenvalue weighted by atomic mass is 35.5. The fourth-order valence-electron chi connectivity index (χ4n) is 3.84. The highest BCUT2D eigenvalue weighted by Gasteiger charge is 1.99. The van der Waals surface area contributed by atoms with E-state index in [9.17, 15) is 0 Å². The monoisotopic (exact) mass is 409 g/mol. The molecule has 0 aliphatic carbocycles. The molecule has 0 radical (unpaired) electrons. The number of benzene rings is 1. The maximum absolute atomic E-state index is 3.60. The van der Waals surface area contributed by atoms with E-state index in [1.807, 2.05) is 0 Å². The van der Waals surface area contributed by atoms with Crippen molar-refractivity contribution < 1.29 is 0 Å². The van der Waals surface area contributed by atoms with E-state index in [4.69, 9.17) is 0 Å². The number of halogens is 1. The van der Waals surface area contributed by atoms with Gasteiger partial charge in [-0.05, 0) is 37.5 Å². The lowest BCUT2D eigenvalue weighted by Gasteiger charge is -2.11. The van der Waals surface area contributed by atoms with E-state index in [-0.39, 0.29) is 12.4 Å². The Hall–Kier alpha value is -0.690. The summed E-state index contributed by atoms with van der Waals surface area (Å²) in [6, 6.07) is 6.54. The highest BCUT2D eigenvalue weighted by Crippen LogP contribution is 2.18. The molecule has 0 aromatic heterocycles. The van der Waals surface area contributed by atoms with Gasteiger partial charge in [-0.1, -0.05) is 115 Å². The van der Waals surface area contributed by atoms with Crippen LogP contribution in [0.4, 0.5) is 5.69 Å². The van der Waals surface area contributed by atoms with Crippen LogP contribution in [0, 0.1) is 13.8 Å². The summed E-state index contributed by atoms with van der Waals surface area (Å²) in [5.74, 6) is 0. The standard InChI is InChI=1S/C26H47N.ClH/c1-4-5-6-7-8-9-10-11-12-13-14-15-16-17-18-19-23-27-26-22-20-21-24(2)25(26)3;/h20-22,27H,4-19,23H2,1-3H3;1H. The molecule has 1 aromatic rings. The Balaban J connectivity index is 0.00000729. The second-order valence-corrected chi connectivity index (χ2v) is 8.48. The average molecular weight is 410 g/mol. The van der Waals surface area contributed by atoms with E-state index in [2.05, 4.69) is 44.3 Å². The largest absolute Gasteiger partial charge is 0.385 e. The predicted octanol–water partition coefficient (Wildman–Crippen LogP) is 9.40. The molecular weight excluding hydrogens is 362 g/mol. The van der Waals surface area contributed by atoms with Crippen LogP contribution in [-0.4, -0.2) is 6.54 Å². The van der Waals surface area contributed by atoms with E-state index in [1.165, 1.54) is 120 Å². The number of hydrogen-bond donors (Lipinski definition) is 1. The topological polar surface area (TPSA) is 12.0 Å². The van der Waals surface area contributed by atoms with Crippen molar-refractivity contribution in [1.29, 1.82) is 0 Å². The van der Waals surface area contributed by atoms with Crippen molar-refractivity contribution in [2.45, 2.75) is 124 Å². The van der Waals surface area contributed by atoms with E-state index in [1.54, 1.807) is 0 Å². The fraction of sp³-hybridized carbons (Fsp3) is 0.769. The molecule has 164 valence electrons. The number of unbranched alkanes of at least 4 members (excludes halogenated alkanes) is 15. The third kappa shape index (κ3) is 14.3. The van der Waals surface area contributed by atoms with Gasteiger partial charge in [0.1, 0.15) is 0 Å². The number of anilines is 1. The number of hydrogen-bond acceptors (Lipinski definition) is 1. The van der Waals surface area contributed by atoms with Crippen molar-refractivity contribution in [3.05, 3.63) is 29.3 Å². The first-order chi connectivity index (χ1) is 13.3. The molecule has 1 aromatic carbocycles. The SMILES string of the molecule is CCCCCCCCCCCCCCCCCCNc1cccc(C)c1C.Cl. The van der Waals surface area contributed by atoms with E-state index < -0.39 is 0 Å². The Morgan fingerprint density at radius 1 is 0.607 bits per heavy atom. The Morgan fingerprint density at radius 2 is 1.04 bits per heavy atom. The van der Waals surface area contributed by atoms with Gasteiger partial charge in [0.05, 0.1) is 0 Å². The van der Waals surface area contributed by atoms with Gasteiger partial charge in [-0.2, -0.15) is 0 Å². The summed E-state index contributed by atoms with van der Waals surface area (Å²) in [5, 5.41) is 3.60. The van der Waals surface area contributed by atoms with Crippen LogP contribution in [-0.2, 0) is 0 Å². The molecule has 0 fully saturated rings. The Morgan fingerprint density at radius 3 is 1.50 bits per heavy atom. The van der Waals surface area contributed by atoms with Crippen molar-refractivity contribution in [2.24, 2.45) is 0 Å². The number of aryl methyl sites for hydroxylation is 1. The summed E-state index contributed by atoms with van der Waals surface area (Å²) in [6.45, 7) is 7.81. The Kier molecular flexibility index (Phi) is 19.1. The molecule has 0 aliphatic rings. The van der Waals surface area contributed by atoms with Crippen molar-refractivity contribution in [1.82, 2.24) is 0 Å².